The second-order valence-electron chi connectivity index (χ2n) is 6.87. The summed E-state index contributed by atoms with van der Waals surface area (Å²) in [6.07, 6.45) is 5.39. The number of hydrogen-bond donors (Lipinski definition) is 2. The lowest BCUT2D eigenvalue weighted by Gasteiger charge is -2.13. The largest absolute Gasteiger partial charge is 0.350 e. The first-order valence-corrected chi connectivity index (χ1v) is 9.40. The summed E-state index contributed by atoms with van der Waals surface area (Å²) in [5, 5.41) is 7.08. The highest BCUT2D eigenvalue weighted by Gasteiger charge is 2.07. The van der Waals surface area contributed by atoms with Crippen LogP contribution in [0.5, 0.6) is 0 Å². The number of nitrogens with one attached hydrogen (secondary N) is 2. The van der Waals surface area contributed by atoms with Gasteiger partial charge in [-0.3, -0.25) is 9.78 Å². The van der Waals surface area contributed by atoms with E-state index in [0.717, 1.165) is 33.3 Å². The smallest absolute Gasteiger partial charge is 0.227 e. The summed E-state index contributed by atoms with van der Waals surface area (Å²) in [6, 6.07) is 17.9. The molecule has 4 aromatic rings. The van der Waals surface area contributed by atoms with Gasteiger partial charge >= 0.3 is 0 Å². The van der Waals surface area contributed by atoms with Crippen LogP contribution in [-0.4, -0.2) is 20.9 Å². The summed E-state index contributed by atoms with van der Waals surface area (Å²) < 4.78 is 0. The summed E-state index contributed by atoms with van der Waals surface area (Å²) in [5.41, 5.74) is 5.01. The van der Waals surface area contributed by atoms with Crippen molar-refractivity contribution in [1.29, 1.82) is 0 Å². The zero-order valence-electron chi connectivity index (χ0n) is 16.3. The number of nitrogens with zero attached hydrogens (tertiary/aromatic N) is 3. The van der Waals surface area contributed by atoms with Crippen LogP contribution in [0.1, 0.15) is 25.5 Å². The minimum atomic E-state index is -0.0450. The molecule has 0 aliphatic rings. The fraction of sp³-hybridized carbons (Fsp3) is 0.130. The van der Waals surface area contributed by atoms with Crippen LogP contribution in [0.2, 0.25) is 0 Å². The van der Waals surface area contributed by atoms with Gasteiger partial charge in [-0.1, -0.05) is 18.2 Å². The number of carbonyl (C=O) groups is 1. The molecule has 1 atom stereocenters. The quantitative estimate of drug-likeness (QED) is 0.525. The third kappa shape index (κ3) is 4.38. The van der Waals surface area contributed by atoms with E-state index in [1.165, 1.54) is 6.92 Å². The van der Waals surface area contributed by atoms with E-state index in [9.17, 15) is 4.79 Å². The Labute approximate surface area is 169 Å². The Balaban J connectivity index is 1.52. The number of fused-ring (bicyclic) bond motifs is 1. The number of amides is 1. The molecule has 2 N–H and O–H groups in total. The van der Waals surface area contributed by atoms with Gasteiger partial charge in [0.1, 0.15) is 0 Å². The van der Waals surface area contributed by atoms with E-state index >= 15 is 0 Å². The van der Waals surface area contributed by atoms with Gasteiger partial charge in [-0.15, -0.1) is 0 Å². The van der Waals surface area contributed by atoms with Crippen LogP contribution in [0.25, 0.3) is 22.0 Å². The molecule has 0 aliphatic heterocycles. The molecule has 2 aromatic heterocycles. The SMILES string of the molecule is CC(=O)NC(C)c1ccc(Nc2ncc3cc(-c4ccncc4)ccc3n2)cc1. The molecular weight excluding hydrogens is 362 g/mol. The first-order chi connectivity index (χ1) is 14.1. The van der Waals surface area contributed by atoms with E-state index in [1.807, 2.05) is 61.7 Å². The van der Waals surface area contributed by atoms with Crippen molar-refractivity contribution in [2.24, 2.45) is 0 Å². The van der Waals surface area contributed by atoms with E-state index in [-0.39, 0.29) is 11.9 Å². The number of rotatable bonds is 5. The molecule has 2 heterocycles. The third-order valence-corrected chi connectivity index (χ3v) is 4.68. The number of carbonyl (C=O) groups excluding carboxylic acids is 1. The summed E-state index contributed by atoms with van der Waals surface area (Å²) in [4.78, 5) is 24.3. The minimum absolute atomic E-state index is 0.0342. The molecule has 0 saturated heterocycles. The van der Waals surface area contributed by atoms with Crippen LogP contribution in [-0.2, 0) is 4.79 Å². The molecule has 2 aromatic carbocycles. The van der Waals surface area contributed by atoms with Crippen molar-refractivity contribution in [2.45, 2.75) is 19.9 Å². The summed E-state index contributed by atoms with van der Waals surface area (Å²) >= 11 is 0. The van der Waals surface area contributed by atoms with Gasteiger partial charge in [0.25, 0.3) is 0 Å². The first kappa shape index (κ1) is 18.6. The highest BCUT2D eigenvalue weighted by atomic mass is 16.1. The summed E-state index contributed by atoms with van der Waals surface area (Å²) in [5.74, 6) is 0.494. The van der Waals surface area contributed by atoms with Gasteiger partial charge in [-0.25, -0.2) is 9.97 Å². The average molecular weight is 383 g/mol. The van der Waals surface area contributed by atoms with Crippen molar-refractivity contribution in [3.05, 3.63) is 78.8 Å². The third-order valence-electron chi connectivity index (χ3n) is 4.68. The fourth-order valence-corrected chi connectivity index (χ4v) is 3.19. The molecule has 0 bridgehead atoms. The Bertz CT molecular complexity index is 1140. The van der Waals surface area contributed by atoms with E-state index < -0.39 is 0 Å². The zero-order chi connectivity index (χ0) is 20.2. The van der Waals surface area contributed by atoms with E-state index in [1.54, 1.807) is 12.4 Å². The number of anilines is 2. The highest BCUT2D eigenvalue weighted by Crippen LogP contribution is 2.24. The number of pyridine rings is 1. The topological polar surface area (TPSA) is 79.8 Å². The van der Waals surface area contributed by atoms with Gasteiger partial charge < -0.3 is 10.6 Å². The molecule has 0 spiro atoms. The van der Waals surface area contributed by atoms with Crippen LogP contribution in [0.4, 0.5) is 11.6 Å². The maximum atomic E-state index is 11.2. The predicted molar refractivity (Wildman–Crippen MR) is 115 cm³/mol. The van der Waals surface area contributed by atoms with Gasteiger partial charge in [0.2, 0.25) is 11.9 Å². The van der Waals surface area contributed by atoms with Crippen molar-refractivity contribution >= 4 is 28.4 Å². The van der Waals surface area contributed by atoms with Crippen molar-refractivity contribution < 1.29 is 4.79 Å². The van der Waals surface area contributed by atoms with E-state index in [2.05, 4.69) is 31.7 Å². The molecule has 0 saturated carbocycles. The maximum Gasteiger partial charge on any atom is 0.227 e. The molecule has 6 heteroatoms. The standard InChI is InChI=1S/C23H21N5O/c1-15(26-16(2)29)17-3-6-21(7-4-17)27-23-25-14-20-13-19(5-8-22(20)28-23)18-9-11-24-12-10-18/h3-15H,1-2H3,(H,26,29)(H,25,27,28). The zero-order valence-corrected chi connectivity index (χ0v) is 16.3. The Morgan fingerprint density at radius 3 is 2.45 bits per heavy atom. The Kier molecular flexibility index (Phi) is 5.16. The molecule has 1 unspecified atom stereocenters. The molecule has 0 fully saturated rings. The van der Waals surface area contributed by atoms with E-state index in [0.29, 0.717) is 5.95 Å². The molecule has 0 radical (unpaired) electrons. The van der Waals surface area contributed by atoms with E-state index in [4.69, 9.17) is 0 Å². The Morgan fingerprint density at radius 2 is 1.72 bits per heavy atom. The Morgan fingerprint density at radius 1 is 0.966 bits per heavy atom. The second kappa shape index (κ2) is 8.06. The van der Waals surface area contributed by atoms with Crippen molar-refractivity contribution in [1.82, 2.24) is 20.3 Å². The molecule has 29 heavy (non-hydrogen) atoms. The lowest BCUT2D eigenvalue weighted by molar-refractivity contribution is -0.119. The number of benzene rings is 2. The summed E-state index contributed by atoms with van der Waals surface area (Å²) in [7, 11) is 0. The van der Waals surface area contributed by atoms with Gasteiger partial charge in [0.05, 0.1) is 11.6 Å². The van der Waals surface area contributed by atoms with Crippen LogP contribution in [0, 0.1) is 0 Å². The van der Waals surface area contributed by atoms with Gasteiger partial charge in [-0.2, -0.15) is 0 Å². The molecule has 4 rings (SSSR count). The normalized spacial score (nSPS) is 11.8. The van der Waals surface area contributed by atoms with Crippen molar-refractivity contribution in [3.8, 4) is 11.1 Å². The molecule has 1 amide bonds. The predicted octanol–water partition coefficient (Wildman–Crippen LogP) is 4.63. The molecule has 144 valence electrons. The van der Waals surface area contributed by atoms with Gasteiger partial charge in [-0.05, 0) is 60.0 Å². The average Bonchev–Trinajstić information content (AvgIpc) is 2.74. The maximum absolute atomic E-state index is 11.2. The lowest BCUT2D eigenvalue weighted by Crippen LogP contribution is -2.23. The van der Waals surface area contributed by atoms with Crippen molar-refractivity contribution in [3.63, 3.8) is 0 Å². The fourth-order valence-electron chi connectivity index (χ4n) is 3.19. The van der Waals surface area contributed by atoms with Crippen molar-refractivity contribution in [2.75, 3.05) is 5.32 Å². The molecule has 6 nitrogen and oxygen atoms in total. The lowest BCUT2D eigenvalue weighted by atomic mass is 10.1. The Hall–Kier alpha value is -3.80. The van der Waals surface area contributed by atoms with Crippen LogP contribution in [0.15, 0.2) is 73.2 Å². The highest BCUT2D eigenvalue weighted by molar-refractivity contribution is 5.84. The molecule has 0 aliphatic carbocycles. The molecular formula is C23H21N5O. The van der Waals surface area contributed by atoms with Crippen LogP contribution >= 0.6 is 0 Å². The van der Waals surface area contributed by atoms with Gasteiger partial charge in [0, 0.05) is 36.6 Å². The van der Waals surface area contributed by atoms with Crippen LogP contribution < -0.4 is 10.6 Å². The number of aromatic nitrogens is 3. The number of hydrogen-bond acceptors (Lipinski definition) is 5. The summed E-state index contributed by atoms with van der Waals surface area (Å²) in [6.45, 7) is 3.47. The minimum Gasteiger partial charge on any atom is -0.350 e. The van der Waals surface area contributed by atoms with Gasteiger partial charge in [0.15, 0.2) is 0 Å². The second-order valence-corrected chi connectivity index (χ2v) is 6.87. The first-order valence-electron chi connectivity index (χ1n) is 9.40. The van der Waals surface area contributed by atoms with Crippen LogP contribution in [0.3, 0.4) is 0 Å². The monoisotopic (exact) mass is 383 g/mol.